The van der Waals surface area contributed by atoms with Crippen LogP contribution in [0.1, 0.15) is 30.9 Å². The van der Waals surface area contributed by atoms with E-state index in [0.717, 1.165) is 50.3 Å². The van der Waals surface area contributed by atoms with E-state index in [1.807, 2.05) is 6.07 Å². The van der Waals surface area contributed by atoms with Crippen LogP contribution in [0.25, 0.3) is 0 Å². The lowest BCUT2D eigenvalue weighted by atomic mass is 9.88. The Morgan fingerprint density at radius 3 is 2.37 bits per heavy atom. The molecule has 3 aliphatic rings. The molecule has 1 aliphatic carbocycles. The van der Waals surface area contributed by atoms with E-state index in [4.69, 9.17) is 9.47 Å². The average Bonchev–Trinajstić information content (AvgIpc) is 3.10. The standard InChI is InChI=1S/C23H28N2O2/c1-23(24-19-15-17-5-2-3-6-18(17)16-19)9-11-25(12-10-23)20-7-4-8-21-22(20)27-14-13-26-21/h2-8,19,24H,9-16H2,1H3. The summed E-state index contributed by atoms with van der Waals surface area (Å²) in [6.45, 7) is 5.76. The molecular formula is C23H28N2O2. The monoisotopic (exact) mass is 364 g/mol. The number of benzene rings is 2. The van der Waals surface area contributed by atoms with Gasteiger partial charge in [-0.05, 0) is 55.9 Å². The van der Waals surface area contributed by atoms with Gasteiger partial charge in [0.2, 0.25) is 0 Å². The summed E-state index contributed by atoms with van der Waals surface area (Å²) in [6, 6.07) is 15.7. The number of piperidine rings is 1. The summed E-state index contributed by atoms with van der Waals surface area (Å²) in [4.78, 5) is 2.46. The van der Waals surface area contributed by atoms with Gasteiger partial charge in [-0.25, -0.2) is 0 Å². The zero-order chi connectivity index (χ0) is 18.3. The molecule has 27 heavy (non-hydrogen) atoms. The normalized spacial score (nSPS) is 21.1. The molecule has 2 aromatic rings. The van der Waals surface area contributed by atoms with Gasteiger partial charge < -0.3 is 19.7 Å². The van der Waals surface area contributed by atoms with Gasteiger partial charge in [-0.15, -0.1) is 0 Å². The molecule has 2 aromatic carbocycles. The Hall–Kier alpha value is -2.20. The summed E-state index contributed by atoms with van der Waals surface area (Å²) in [5.41, 5.74) is 4.42. The third kappa shape index (κ3) is 3.27. The molecule has 5 rings (SSSR count). The van der Waals surface area contributed by atoms with Gasteiger partial charge >= 0.3 is 0 Å². The van der Waals surface area contributed by atoms with Crippen molar-refractivity contribution in [3.8, 4) is 11.5 Å². The molecule has 0 spiro atoms. The van der Waals surface area contributed by atoms with Gasteiger partial charge in [0, 0.05) is 24.7 Å². The Labute approximate surface area is 161 Å². The van der Waals surface area contributed by atoms with Gasteiger partial charge in [0.1, 0.15) is 13.2 Å². The predicted octanol–water partition coefficient (Wildman–Crippen LogP) is 3.57. The summed E-state index contributed by atoms with van der Waals surface area (Å²) < 4.78 is 11.7. The quantitative estimate of drug-likeness (QED) is 0.903. The van der Waals surface area contributed by atoms with Crippen molar-refractivity contribution >= 4 is 5.69 Å². The second-order valence-electron chi connectivity index (χ2n) is 8.37. The van der Waals surface area contributed by atoms with E-state index in [0.29, 0.717) is 19.3 Å². The molecule has 1 saturated heterocycles. The predicted molar refractivity (Wildman–Crippen MR) is 108 cm³/mol. The SMILES string of the molecule is CC1(NC2Cc3ccccc3C2)CCN(c2cccc3c2OCCO3)CC1. The van der Waals surface area contributed by atoms with Crippen molar-refractivity contribution in [3.05, 3.63) is 53.6 Å². The Bertz CT molecular complexity index is 802. The number of hydrogen-bond acceptors (Lipinski definition) is 4. The number of nitrogens with one attached hydrogen (secondary N) is 1. The molecule has 0 bridgehead atoms. The summed E-state index contributed by atoms with van der Waals surface area (Å²) >= 11 is 0. The van der Waals surface area contributed by atoms with Crippen molar-refractivity contribution in [1.82, 2.24) is 5.32 Å². The maximum absolute atomic E-state index is 5.92. The van der Waals surface area contributed by atoms with E-state index >= 15 is 0 Å². The van der Waals surface area contributed by atoms with Crippen LogP contribution in [-0.4, -0.2) is 37.9 Å². The number of rotatable bonds is 3. The molecule has 4 heteroatoms. The minimum atomic E-state index is 0.204. The lowest BCUT2D eigenvalue weighted by molar-refractivity contribution is 0.171. The van der Waals surface area contributed by atoms with Crippen molar-refractivity contribution < 1.29 is 9.47 Å². The minimum Gasteiger partial charge on any atom is -0.486 e. The van der Waals surface area contributed by atoms with Crippen molar-refractivity contribution in [3.63, 3.8) is 0 Å². The fourth-order valence-corrected chi connectivity index (χ4v) is 4.85. The van der Waals surface area contributed by atoms with Crippen molar-refractivity contribution in [2.45, 2.75) is 44.2 Å². The van der Waals surface area contributed by atoms with Crippen LogP contribution in [-0.2, 0) is 12.8 Å². The fraction of sp³-hybridized carbons (Fsp3) is 0.478. The maximum Gasteiger partial charge on any atom is 0.184 e. The molecular weight excluding hydrogens is 336 g/mol. The molecule has 0 unspecified atom stereocenters. The van der Waals surface area contributed by atoms with Gasteiger partial charge in [0.15, 0.2) is 11.5 Å². The lowest BCUT2D eigenvalue weighted by Crippen LogP contribution is -2.55. The number of anilines is 1. The van der Waals surface area contributed by atoms with Crippen molar-refractivity contribution in [2.24, 2.45) is 0 Å². The van der Waals surface area contributed by atoms with E-state index in [2.05, 4.69) is 53.5 Å². The van der Waals surface area contributed by atoms with Crippen LogP contribution in [0.4, 0.5) is 5.69 Å². The van der Waals surface area contributed by atoms with Gasteiger partial charge in [-0.1, -0.05) is 30.3 Å². The van der Waals surface area contributed by atoms with Crippen LogP contribution >= 0.6 is 0 Å². The molecule has 142 valence electrons. The van der Waals surface area contributed by atoms with Gasteiger partial charge in [0.25, 0.3) is 0 Å². The van der Waals surface area contributed by atoms with Gasteiger partial charge in [-0.3, -0.25) is 0 Å². The fourth-order valence-electron chi connectivity index (χ4n) is 4.85. The first kappa shape index (κ1) is 16.9. The third-order valence-electron chi connectivity index (χ3n) is 6.36. The second-order valence-corrected chi connectivity index (χ2v) is 8.37. The lowest BCUT2D eigenvalue weighted by Gasteiger charge is -2.43. The molecule has 0 amide bonds. The van der Waals surface area contributed by atoms with Crippen LogP contribution in [0.15, 0.2) is 42.5 Å². The second kappa shape index (κ2) is 6.75. The zero-order valence-electron chi connectivity index (χ0n) is 16.0. The van der Waals surface area contributed by atoms with E-state index in [-0.39, 0.29) is 5.54 Å². The summed E-state index contributed by atoms with van der Waals surface area (Å²) in [6.07, 6.45) is 4.61. The Kier molecular flexibility index (Phi) is 4.24. The highest BCUT2D eigenvalue weighted by atomic mass is 16.6. The van der Waals surface area contributed by atoms with Crippen molar-refractivity contribution in [2.75, 3.05) is 31.2 Å². The average molecular weight is 364 g/mol. The topological polar surface area (TPSA) is 33.7 Å². The Balaban J connectivity index is 1.24. The molecule has 0 atom stereocenters. The summed E-state index contributed by atoms with van der Waals surface area (Å²) in [7, 11) is 0. The van der Waals surface area contributed by atoms with E-state index in [9.17, 15) is 0 Å². The number of ether oxygens (including phenoxy) is 2. The van der Waals surface area contributed by atoms with Gasteiger partial charge in [-0.2, -0.15) is 0 Å². The third-order valence-corrected chi connectivity index (χ3v) is 6.36. The molecule has 0 radical (unpaired) electrons. The molecule has 0 saturated carbocycles. The minimum absolute atomic E-state index is 0.204. The molecule has 4 nitrogen and oxygen atoms in total. The molecule has 0 aromatic heterocycles. The van der Waals surface area contributed by atoms with Crippen LogP contribution in [0, 0.1) is 0 Å². The zero-order valence-corrected chi connectivity index (χ0v) is 16.0. The molecule has 2 heterocycles. The summed E-state index contributed by atoms with van der Waals surface area (Å²) in [5, 5.41) is 3.99. The highest BCUT2D eigenvalue weighted by Crippen LogP contribution is 2.41. The molecule has 2 aliphatic heterocycles. The summed E-state index contributed by atoms with van der Waals surface area (Å²) in [5.74, 6) is 1.81. The number of fused-ring (bicyclic) bond motifs is 2. The van der Waals surface area contributed by atoms with E-state index < -0.39 is 0 Å². The Morgan fingerprint density at radius 1 is 0.926 bits per heavy atom. The maximum atomic E-state index is 5.92. The van der Waals surface area contributed by atoms with E-state index in [1.165, 1.54) is 16.8 Å². The van der Waals surface area contributed by atoms with E-state index in [1.54, 1.807) is 0 Å². The largest absolute Gasteiger partial charge is 0.486 e. The highest BCUT2D eigenvalue weighted by Gasteiger charge is 2.35. The number of nitrogens with zero attached hydrogens (tertiary/aromatic N) is 1. The van der Waals surface area contributed by atoms with Crippen molar-refractivity contribution in [1.29, 1.82) is 0 Å². The number of hydrogen-bond donors (Lipinski definition) is 1. The Morgan fingerprint density at radius 2 is 1.63 bits per heavy atom. The smallest absolute Gasteiger partial charge is 0.184 e. The van der Waals surface area contributed by atoms with Crippen LogP contribution in [0.3, 0.4) is 0 Å². The first-order valence-electron chi connectivity index (χ1n) is 10.2. The van der Waals surface area contributed by atoms with Crippen LogP contribution < -0.4 is 19.7 Å². The number of para-hydroxylation sites is 1. The van der Waals surface area contributed by atoms with Gasteiger partial charge in [0.05, 0.1) is 5.69 Å². The van der Waals surface area contributed by atoms with Crippen LogP contribution in [0.2, 0.25) is 0 Å². The van der Waals surface area contributed by atoms with Crippen LogP contribution in [0.5, 0.6) is 11.5 Å². The molecule has 1 N–H and O–H groups in total. The molecule has 1 fully saturated rings. The first-order chi connectivity index (χ1) is 13.2. The highest BCUT2D eigenvalue weighted by molar-refractivity contribution is 5.65. The first-order valence-corrected chi connectivity index (χ1v) is 10.2.